The summed E-state index contributed by atoms with van der Waals surface area (Å²) in [5, 5.41) is 0. The Morgan fingerprint density at radius 3 is 2.64 bits per heavy atom. The molecule has 0 aliphatic carbocycles. The van der Waals surface area contributed by atoms with E-state index in [2.05, 4.69) is 14.6 Å². The molecule has 1 N–H and O–H groups in total. The van der Waals surface area contributed by atoms with E-state index in [0.717, 1.165) is 24.5 Å². The highest BCUT2D eigenvalue weighted by Crippen LogP contribution is 2.18. The van der Waals surface area contributed by atoms with Gasteiger partial charge in [0, 0.05) is 38.9 Å². The zero-order chi connectivity index (χ0) is 15.4. The lowest BCUT2D eigenvalue weighted by Gasteiger charge is -2.26. The van der Waals surface area contributed by atoms with Gasteiger partial charge in [0.25, 0.3) is 10.2 Å². The topological polar surface area (TPSA) is 74.8 Å². The lowest BCUT2D eigenvalue weighted by molar-refractivity contribution is 0.0725. The quantitative estimate of drug-likeness (QED) is 0.845. The Labute approximate surface area is 131 Å². The number of aromatic nitrogens is 1. The number of anilines is 1. The molecule has 0 spiro atoms. The minimum absolute atomic E-state index is 0.281. The van der Waals surface area contributed by atoms with E-state index < -0.39 is 10.2 Å². The van der Waals surface area contributed by atoms with Crippen LogP contribution in [-0.4, -0.2) is 57.1 Å². The summed E-state index contributed by atoms with van der Waals surface area (Å²) in [5.74, 6) is 0.931. The molecule has 0 saturated carbocycles. The van der Waals surface area contributed by atoms with Gasteiger partial charge in [0.15, 0.2) is 0 Å². The normalized spacial score (nSPS) is 20.5. The van der Waals surface area contributed by atoms with Crippen LogP contribution in [0.3, 0.4) is 0 Å². The Morgan fingerprint density at radius 2 is 1.91 bits per heavy atom. The van der Waals surface area contributed by atoms with Crippen LogP contribution in [0.15, 0.2) is 18.3 Å². The van der Waals surface area contributed by atoms with Crippen molar-refractivity contribution < 1.29 is 13.2 Å². The van der Waals surface area contributed by atoms with Crippen molar-refractivity contribution in [3.8, 4) is 0 Å². The second-order valence-electron chi connectivity index (χ2n) is 5.55. The van der Waals surface area contributed by atoms with Gasteiger partial charge in [-0.2, -0.15) is 17.4 Å². The smallest absolute Gasteiger partial charge is 0.279 e. The van der Waals surface area contributed by atoms with Gasteiger partial charge in [-0.3, -0.25) is 0 Å². The van der Waals surface area contributed by atoms with Crippen molar-refractivity contribution in [3.63, 3.8) is 0 Å². The van der Waals surface area contributed by atoms with Crippen LogP contribution in [0.4, 0.5) is 5.82 Å². The number of nitrogens with zero attached hydrogens (tertiary/aromatic N) is 3. The molecular weight excluding hydrogens is 304 g/mol. The Kier molecular flexibility index (Phi) is 4.92. The van der Waals surface area contributed by atoms with Crippen LogP contribution >= 0.6 is 0 Å². The number of ether oxygens (including phenoxy) is 1. The molecule has 122 valence electrons. The number of pyridine rings is 1. The van der Waals surface area contributed by atoms with Crippen molar-refractivity contribution in [2.45, 2.75) is 19.4 Å². The highest BCUT2D eigenvalue weighted by atomic mass is 32.2. The minimum atomic E-state index is -3.44. The fourth-order valence-electron chi connectivity index (χ4n) is 2.74. The highest BCUT2D eigenvalue weighted by Gasteiger charge is 2.23. The summed E-state index contributed by atoms with van der Waals surface area (Å²) in [6, 6.07) is 3.81. The van der Waals surface area contributed by atoms with E-state index in [4.69, 9.17) is 4.74 Å². The lowest BCUT2D eigenvalue weighted by atomic mass is 10.2. The Hall–Kier alpha value is -1.22. The van der Waals surface area contributed by atoms with Gasteiger partial charge in [-0.1, -0.05) is 0 Å². The zero-order valence-electron chi connectivity index (χ0n) is 12.6. The first-order valence-corrected chi connectivity index (χ1v) is 9.11. The summed E-state index contributed by atoms with van der Waals surface area (Å²) >= 11 is 0. The van der Waals surface area contributed by atoms with E-state index in [1.807, 2.05) is 12.1 Å². The Morgan fingerprint density at radius 1 is 1.18 bits per heavy atom. The fourth-order valence-corrected chi connectivity index (χ4v) is 3.90. The van der Waals surface area contributed by atoms with E-state index in [0.29, 0.717) is 26.3 Å². The first-order valence-electron chi connectivity index (χ1n) is 7.67. The maximum absolute atomic E-state index is 12.2. The third-order valence-corrected chi connectivity index (χ3v) is 5.56. The molecule has 22 heavy (non-hydrogen) atoms. The van der Waals surface area contributed by atoms with E-state index in [1.165, 1.54) is 17.1 Å². The van der Waals surface area contributed by atoms with Crippen LogP contribution in [-0.2, 0) is 21.5 Å². The molecule has 1 aromatic rings. The third-order valence-electron chi connectivity index (χ3n) is 4.01. The first kappa shape index (κ1) is 15.7. The lowest BCUT2D eigenvalue weighted by Crippen LogP contribution is -2.46. The molecule has 3 heterocycles. The van der Waals surface area contributed by atoms with Gasteiger partial charge in [0.2, 0.25) is 0 Å². The van der Waals surface area contributed by atoms with Crippen molar-refractivity contribution in [2.75, 3.05) is 44.3 Å². The molecule has 2 saturated heterocycles. The third kappa shape index (κ3) is 3.75. The van der Waals surface area contributed by atoms with Crippen molar-refractivity contribution in [1.29, 1.82) is 0 Å². The monoisotopic (exact) mass is 326 g/mol. The van der Waals surface area contributed by atoms with Crippen LogP contribution in [0.2, 0.25) is 0 Å². The second-order valence-corrected chi connectivity index (χ2v) is 7.31. The molecule has 0 atom stereocenters. The molecule has 1 aromatic heterocycles. The number of morpholine rings is 1. The number of hydrogen-bond donors (Lipinski definition) is 1. The van der Waals surface area contributed by atoms with Gasteiger partial charge in [0.05, 0.1) is 13.2 Å². The molecule has 0 aromatic carbocycles. The van der Waals surface area contributed by atoms with Gasteiger partial charge in [0.1, 0.15) is 5.82 Å². The second kappa shape index (κ2) is 6.91. The van der Waals surface area contributed by atoms with Crippen LogP contribution < -0.4 is 9.62 Å². The van der Waals surface area contributed by atoms with E-state index in [-0.39, 0.29) is 6.54 Å². The van der Waals surface area contributed by atoms with Crippen molar-refractivity contribution in [1.82, 2.24) is 14.0 Å². The summed E-state index contributed by atoms with van der Waals surface area (Å²) in [5.41, 5.74) is 0.925. The van der Waals surface area contributed by atoms with E-state index >= 15 is 0 Å². The Balaban J connectivity index is 1.62. The maximum Gasteiger partial charge on any atom is 0.279 e. The SMILES string of the molecule is O=S(=O)(NCc1ccnc(N2CCCC2)c1)N1CCOCC1. The van der Waals surface area contributed by atoms with E-state index in [9.17, 15) is 8.42 Å². The summed E-state index contributed by atoms with van der Waals surface area (Å²) in [6.07, 6.45) is 4.12. The highest BCUT2D eigenvalue weighted by molar-refractivity contribution is 7.87. The molecule has 0 amide bonds. The molecule has 7 nitrogen and oxygen atoms in total. The van der Waals surface area contributed by atoms with Gasteiger partial charge in [-0.05, 0) is 30.5 Å². The number of nitrogens with one attached hydrogen (secondary N) is 1. The summed E-state index contributed by atoms with van der Waals surface area (Å²) in [4.78, 5) is 6.61. The molecule has 2 aliphatic rings. The molecule has 0 radical (unpaired) electrons. The Bertz CT molecular complexity index is 596. The first-order chi connectivity index (χ1) is 10.6. The molecule has 0 bridgehead atoms. The summed E-state index contributed by atoms with van der Waals surface area (Å²) < 4.78 is 33.7. The fraction of sp³-hybridized carbons (Fsp3) is 0.643. The van der Waals surface area contributed by atoms with Crippen molar-refractivity contribution >= 4 is 16.0 Å². The molecule has 0 unspecified atom stereocenters. The average molecular weight is 326 g/mol. The molecule has 2 aliphatic heterocycles. The van der Waals surface area contributed by atoms with Crippen LogP contribution in [0.25, 0.3) is 0 Å². The number of rotatable bonds is 5. The van der Waals surface area contributed by atoms with Crippen molar-refractivity contribution in [3.05, 3.63) is 23.9 Å². The minimum Gasteiger partial charge on any atom is -0.379 e. The standard InChI is InChI=1S/C14H22N4O3S/c19-22(20,18-7-9-21-10-8-18)16-12-13-3-4-15-14(11-13)17-5-1-2-6-17/h3-4,11,16H,1-2,5-10,12H2. The van der Waals surface area contributed by atoms with Crippen LogP contribution in [0.1, 0.15) is 18.4 Å². The summed E-state index contributed by atoms with van der Waals surface area (Å²) in [7, 11) is -3.44. The van der Waals surface area contributed by atoms with E-state index in [1.54, 1.807) is 6.20 Å². The average Bonchev–Trinajstić information content (AvgIpc) is 3.09. The zero-order valence-corrected chi connectivity index (χ0v) is 13.4. The predicted molar refractivity (Wildman–Crippen MR) is 83.8 cm³/mol. The van der Waals surface area contributed by atoms with Gasteiger partial charge in [-0.25, -0.2) is 4.98 Å². The van der Waals surface area contributed by atoms with Gasteiger partial charge < -0.3 is 9.64 Å². The van der Waals surface area contributed by atoms with Gasteiger partial charge >= 0.3 is 0 Å². The van der Waals surface area contributed by atoms with Crippen LogP contribution in [0, 0.1) is 0 Å². The molecule has 2 fully saturated rings. The van der Waals surface area contributed by atoms with Crippen molar-refractivity contribution in [2.24, 2.45) is 0 Å². The predicted octanol–water partition coefficient (Wildman–Crippen LogP) is 0.348. The number of hydrogen-bond acceptors (Lipinski definition) is 5. The summed E-state index contributed by atoms with van der Waals surface area (Å²) in [6.45, 7) is 4.05. The maximum atomic E-state index is 12.2. The van der Waals surface area contributed by atoms with Crippen LogP contribution in [0.5, 0.6) is 0 Å². The largest absolute Gasteiger partial charge is 0.379 e. The molecule has 3 rings (SSSR count). The van der Waals surface area contributed by atoms with Gasteiger partial charge in [-0.15, -0.1) is 0 Å². The molecule has 8 heteroatoms. The molecular formula is C14H22N4O3S.